The minimum absolute atomic E-state index is 0. The Morgan fingerprint density at radius 2 is 0.750 bits per heavy atom. The smallest absolute Gasteiger partial charge is 1.00 e. The Morgan fingerprint density at radius 3 is 0.750 bits per heavy atom. The third-order valence-corrected chi connectivity index (χ3v) is 0. The maximum atomic E-state index is 2.12. The fourth-order valence-corrected chi connectivity index (χ4v) is 0. The van der Waals surface area contributed by atoms with Crippen molar-refractivity contribution < 1.29 is 74.8 Å². The Labute approximate surface area is 102 Å². The van der Waals surface area contributed by atoms with Gasteiger partial charge in [-0.15, -0.1) is 0 Å². The topological polar surface area (TPSA) is 0 Å². The molecule has 0 aliphatic carbocycles. The van der Waals surface area contributed by atoms with E-state index in [0.717, 1.165) is 4.48 Å². The number of hydrogen-bond acceptors (Lipinski definition) is 0. The Bertz CT molecular complexity index is 29.5. The zero-order valence-corrected chi connectivity index (χ0v) is 11.3. The van der Waals surface area contributed by atoms with Gasteiger partial charge in [0.25, 0.3) is 0 Å². The van der Waals surface area contributed by atoms with Crippen LogP contribution < -0.4 is 48.0 Å². The molecule has 0 N–H and O–H groups in total. The summed E-state index contributed by atoms with van der Waals surface area (Å²) >= 11 is 0. The first kappa shape index (κ1) is 22.5. The van der Waals surface area contributed by atoms with Gasteiger partial charge in [0, 0.05) is 0 Å². The number of halogens is 2. The minimum Gasteiger partial charge on any atom is -1.00 e. The first-order valence-corrected chi connectivity index (χ1v) is 1.79. The van der Waals surface area contributed by atoms with E-state index in [-0.39, 0.29) is 70.3 Å². The van der Waals surface area contributed by atoms with Gasteiger partial charge in [-0.2, -0.15) is 0 Å². The quantitative estimate of drug-likeness (QED) is 0.202. The molecule has 0 amide bonds. The largest absolute Gasteiger partial charge is 1.00 e. The van der Waals surface area contributed by atoms with Gasteiger partial charge in [0.1, 0.15) is 0 Å². The van der Waals surface area contributed by atoms with Crippen LogP contribution in [0.1, 0.15) is 0 Å². The maximum Gasteiger partial charge on any atom is 1.00 e. The zero-order valence-electron chi connectivity index (χ0n) is 5.50. The summed E-state index contributed by atoms with van der Waals surface area (Å²) in [6.45, 7) is 0. The summed E-state index contributed by atoms with van der Waals surface area (Å²) in [5.74, 6) is 0. The van der Waals surface area contributed by atoms with Crippen LogP contribution in [0.2, 0.25) is 0 Å². The molecule has 0 aromatic carbocycles. The van der Waals surface area contributed by atoms with Crippen LogP contribution in [-0.2, 0) is 22.4 Å². The Morgan fingerprint density at radius 1 is 0.750 bits per heavy atom. The second-order valence-corrected chi connectivity index (χ2v) is 2.68. The summed E-state index contributed by atoms with van der Waals surface area (Å²) in [4.78, 5) is 0. The third-order valence-electron chi connectivity index (χ3n) is 0. The zero-order chi connectivity index (χ0) is 4.50. The molecule has 0 atom stereocenters. The second-order valence-electron chi connectivity index (χ2n) is 2.68. The normalized spacial score (nSPS) is 7.50. The summed E-state index contributed by atoms with van der Waals surface area (Å²) < 4.78 is 1.00. The molecule has 0 bridgehead atoms. The van der Waals surface area contributed by atoms with E-state index in [1.54, 1.807) is 0 Å². The van der Waals surface area contributed by atoms with Crippen LogP contribution in [0.4, 0.5) is 0 Å². The summed E-state index contributed by atoms with van der Waals surface area (Å²) in [6, 6.07) is 0. The van der Waals surface area contributed by atoms with Crippen molar-refractivity contribution in [3.8, 4) is 0 Å². The number of quaternary nitrogens is 1. The van der Waals surface area contributed by atoms with Gasteiger partial charge in [0.2, 0.25) is 0 Å². The van der Waals surface area contributed by atoms with E-state index < -0.39 is 0 Å². The molecule has 0 fully saturated rings. The van der Waals surface area contributed by atoms with Crippen LogP contribution in [0.15, 0.2) is 0 Å². The van der Waals surface area contributed by atoms with Gasteiger partial charge in [-0.25, -0.2) is 0 Å². The van der Waals surface area contributed by atoms with E-state index in [4.69, 9.17) is 0 Å². The molecular formula is C4H12AgI2N. The molecule has 0 aliphatic rings. The van der Waals surface area contributed by atoms with Crippen LogP contribution in [0.5, 0.6) is 0 Å². The maximum absolute atomic E-state index is 2.12. The van der Waals surface area contributed by atoms with Gasteiger partial charge in [0.15, 0.2) is 0 Å². The van der Waals surface area contributed by atoms with Crippen LogP contribution >= 0.6 is 0 Å². The predicted molar refractivity (Wildman–Crippen MR) is 24.0 cm³/mol. The van der Waals surface area contributed by atoms with Crippen molar-refractivity contribution >= 4 is 0 Å². The Hall–Kier alpha value is 2.16. The number of hydrogen-bond donors (Lipinski definition) is 0. The first-order valence-electron chi connectivity index (χ1n) is 1.79. The summed E-state index contributed by atoms with van der Waals surface area (Å²) in [7, 11) is 8.50. The average molecular weight is 436 g/mol. The molecule has 1 nitrogen and oxygen atoms in total. The molecule has 0 spiro atoms. The van der Waals surface area contributed by atoms with Gasteiger partial charge < -0.3 is 52.4 Å². The van der Waals surface area contributed by atoms with Crippen LogP contribution in [0, 0.1) is 0 Å². The molecule has 0 saturated carbocycles. The van der Waals surface area contributed by atoms with Gasteiger partial charge in [0.05, 0.1) is 28.2 Å². The SMILES string of the molecule is C[N+](C)(C)C.[Ag+].[I-].[I-]. The molecule has 8 heavy (non-hydrogen) atoms. The molecule has 58 valence electrons. The van der Waals surface area contributed by atoms with E-state index in [0.29, 0.717) is 0 Å². The van der Waals surface area contributed by atoms with E-state index in [1.807, 2.05) is 0 Å². The van der Waals surface area contributed by atoms with Crippen LogP contribution in [0.25, 0.3) is 0 Å². The first-order chi connectivity index (χ1) is 2.00. The van der Waals surface area contributed by atoms with E-state index in [1.165, 1.54) is 0 Å². The third kappa shape index (κ3) is 89.6. The average Bonchev–Trinajstić information content (AvgIpc) is 0.722. The Balaban J connectivity index is -0.0000000267. The van der Waals surface area contributed by atoms with Crippen molar-refractivity contribution in [2.24, 2.45) is 0 Å². The molecule has 0 aliphatic heterocycles. The number of rotatable bonds is 0. The summed E-state index contributed by atoms with van der Waals surface area (Å²) in [6.07, 6.45) is 0. The summed E-state index contributed by atoms with van der Waals surface area (Å²) in [5, 5.41) is 0. The molecule has 0 aromatic heterocycles. The fraction of sp³-hybridized carbons (Fsp3) is 1.00. The van der Waals surface area contributed by atoms with E-state index in [2.05, 4.69) is 28.2 Å². The van der Waals surface area contributed by atoms with Gasteiger partial charge in [-0.3, -0.25) is 0 Å². The molecule has 0 radical (unpaired) electrons. The molecule has 0 aromatic rings. The standard InChI is InChI=1S/C4H12N.Ag.2HI/c1-5(2,3)4;;;/h1-4H3;;2*1H/q2*+1;;/p-2. The molecule has 0 rings (SSSR count). The van der Waals surface area contributed by atoms with Crippen LogP contribution in [-0.4, -0.2) is 32.7 Å². The Kier molecular flexibility index (Phi) is 25.7. The molecule has 0 saturated heterocycles. The monoisotopic (exact) mass is 435 g/mol. The van der Waals surface area contributed by atoms with Crippen molar-refractivity contribution in [3.63, 3.8) is 0 Å². The summed E-state index contributed by atoms with van der Waals surface area (Å²) in [5.41, 5.74) is 0. The van der Waals surface area contributed by atoms with Crippen molar-refractivity contribution in [2.45, 2.75) is 0 Å². The molecule has 0 unspecified atom stereocenters. The van der Waals surface area contributed by atoms with Crippen molar-refractivity contribution in [2.75, 3.05) is 28.2 Å². The minimum atomic E-state index is 0. The second kappa shape index (κ2) is 9.16. The van der Waals surface area contributed by atoms with Crippen molar-refractivity contribution in [3.05, 3.63) is 0 Å². The fourth-order valence-electron chi connectivity index (χ4n) is 0. The van der Waals surface area contributed by atoms with Crippen LogP contribution in [0.3, 0.4) is 0 Å². The van der Waals surface area contributed by atoms with Crippen molar-refractivity contribution in [1.29, 1.82) is 0 Å². The molecule has 4 heteroatoms. The van der Waals surface area contributed by atoms with Crippen molar-refractivity contribution in [1.82, 2.24) is 0 Å². The van der Waals surface area contributed by atoms with E-state index >= 15 is 0 Å². The van der Waals surface area contributed by atoms with Gasteiger partial charge in [-0.05, 0) is 0 Å². The predicted octanol–water partition coefficient (Wildman–Crippen LogP) is -5.67. The van der Waals surface area contributed by atoms with E-state index in [9.17, 15) is 0 Å². The number of nitrogens with zero attached hydrogens (tertiary/aromatic N) is 1. The molecular weight excluding hydrogens is 424 g/mol. The molecule has 0 heterocycles. The van der Waals surface area contributed by atoms with Gasteiger partial charge >= 0.3 is 22.4 Å². The van der Waals surface area contributed by atoms with Gasteiger partial charge in [-0.1, -0.05) is 0 Å².